The maximum absolute atomic E-state index is 14.2. The molecule has 132 valence electrons. The third-order valence-corrected chi connectivity index (χ3v) is 4.71. The number of urea groups is 1. The molecule has 1 fully saturated rings. The van der Waals surface area contributed by atoms with E-state index < -0.39 is 23.1 Å². The van der Waals surface area contributed by atoms with Gasteiger partial charge in [0, 0.05) is 25.0 Å². The van der Waals surface area contributed by atoms with E-state index in [-0.39, 0.29) is 24.1 Å². The van der Waals surface area contributed by atoms with Gasteiger partial charge in [-0.1, -0.05) is 37.6 Å². The maximum atomic E-state index is 14.2. The Hall–Kier alpha value is -1.82. The molecule has 1 aromatic rings. The first-order chi connectivity index (χ1) is 11.2. The second kappa shape index (κ2) is 7.38. The second-order valence-corrected chi connectivity index (χ2v) is 7.17. The van der Waals surface area contributed by atoms with Crippen LogP contribution in [0, 0.1) is 11.7 Å². The number of piperidine rings is 1. The van der Waals surface area contributed by atoms with Gasteiger partial charge in [-0.05, 0) is 24.5 Å². The molecule has 1 heterocycles. The lowest BCUT2D eigenvalue weighted by Gasteiger charge is -2.33. The van der Waals surface area contributed by atoms with Crippen LogP contribution in [0.15, 0.2) is 18.2 Å². The van der Waals surface area contributed by atoms with E-state index in [1.165, 1.54) is 11.0 Å². The van der Waals surface area contributed by atoms with Crippen LogP contribution >= 0.6 is 11.6 Å². The SMILES string of the molecule is CC(C)(CNC(=O)N1CCCC(C(=O)O)C1)c1cccc(Cl)c1F. The third-order valence-electron chi connectivity index (χ3n) is 4.42. The fourth-order valence-electron chi connectivity index (χ4n) is 2.89. The highest BCUT2D eigenvalue weighted by Crippen LogP contribution is 2.29. The summed E-state index contributed by atoms with van der Waals surface area (Å²) in [5.74, 6) is -1.89. The fourth-order valence-corrected chi connectivity index (χ4v) is 3.07. The van der Waals surface area contributed by atoms with Crippen LogP contribution in [0.2, 0.25) is 5.02 Å². The van der Waals surface area contributed by atoms with Gasteiger partial charge < -0.3 is 15.3 Å². The minimum Gasteiger partial charge on any atom is -0.481 e. The highest BCUT2D eigenvalue weighted by molar-refractivity contribution is 6.30. The van der Waals surface area contributed by atoms with E-state index in [0.717, 1.165) is 0 Å². The number of hydrogen-bond acceptors (Lipinski definition) is 2. The highest BCUT2D eigenvalue weighted by atomic mass is 35.5. The molecule has 1 aliphatic heterocycles. The van der Waals surface area contributed by atoms with E-state index in [0.29, 0.717) is 24.9 Å². The van der Waals surface area contributed by atoms with Crippen LogP contribution in [0.25, 0.3) is 0 Å². The lowest BCUT2D eigenvalue weighted by molar-refractivity contribution is -0.143. The van der Waals surface area contributed by atoms with Gasteiger partial charge in [0.15, 0.2) is 0 Å². The minimum absolute atomic E-state index is 0.0484. The molecule has 1 aromatic carbocycles. The van der Waals surface area contributed by atoms with E-state index in [2.05, 4.69) is 5.32 Å². The summed E-state index contributed by atoms with van der Waals surface area (Å²) in [5.41, 5.74) is -0.218. The fraction of sp³-hybridized carbons (Fsp3) is 0.529. The smallest absolute Gasteiger partial charge is 0.317 e. The summed E-state index contributed by atoms with van der Waals surface area (Å²) in [6, 6.07) is 4.48. The normalized spacial score (nSPS) is 18.3. The van der Waals surface area contributed by atoms with Crippen molar-refractivity contribution in [1.82, 2.24) is 10.2 Å². The zero-order chi connectivity index (χ0) is 17.9. The molecule has 7 heteroatoms. The monoisotopic (exact) mass is 356 g/mol. The lowest BCUT2D eigenvalue weighted by atomic mass is 9.84. The average Bonchev–Trinajstić information content (AvgIpc) is 2.55. The Morgan fingerprint density at radius 2 is 2.17 bits per heavy atom. The summed E-state index contributed by atoms with van der Waals surface area (Å²) < 4.78 is 14.2. The van der Waals surface area contributed by atoms with Crippen LogP contribution in [-0.2, 0) is 10.2 Å². The number of aliphatic carboxylic acids is 1. The molecule has 0 saturated carbocycles. The topological polar surface area (TPSA) is 69.6 Å². The van der Waals surface area contributed by atoms with Gasteiger partial charge >= 0.3 is 12.0 Å². The van der Waals surface area contributed by atoms with Crippen LogP contribution in [0.3, 0.4) is 0 Å². The molecule has 0 bridgehead atoms. The molecule has 5 nitrogen and oxygen atoms in total. The van der Waals surface area contributed by atoms with Crippen molar-refractivity contribution in [3.05, 3.63) is 34.6 Å². The standard InChI is InChI=1S/C17H22ClFN2O3/c1-17(2,12-6-3-7-13(18)14(12)19)10-20-16(24)21-8-4-5-11(9-21)15(22)23/h3,6-7,11H,4-5,8-10H2,1-2H3,(H,20,24)(H,22,23). The van der Waals surface area contributed by atoms with E-state index >= 15 is 0 Å². The molecule has 1 saturated heterocycles. The van der Waals surface area contributed by atoms with Crippen molar-refractivity contribution in [2.45, 2.75) is 32.1 Å². The Labute approximate surface area is 145 Å². The zero-order valence-corrected chi connectivity index (χ0v) is 14.6. The van der Waals surface area contributed by atoms with Crippen molar-refractivity contribution < 1.29 is 19.1 Å². The molecule has 0 aromatic heterocycles. The Morgan fingerprint density at radius 1 is 1.46 bits per heavy atom. The first kappa shape index (κ1) is 18.5. The van der Waals surface area contributed by atoms with Gasteiger partial charge in [0.25, 0.3) is 0 Å². The number of carboxylic acids is 1. The first-order valence-electron chi connectivity index (χ1n) is 7.92. The number of hydrogen-bond donors (Lipinski definition) is 2. The van der Waals surface area contributed by atoms with Crippen molar-refractivity contribution in [2.24, 2.45) is 5.92 Å². The number of carbonyl (C=O) groups is 2. The molecular formula is C17H22ClFN2O3. The Morgan fingerprint density at radius 3 is 2.83 bits per heavy atom. The molecule has 0 radical (unpaired) electrons. The highest BCUT2D eigenvalue weighted by Gasteiger charge is 2.30. The maximum Gasteiger partial charge on any atom is 0.317 e. The van der Waals surface area contributed by atoms with Gasteiger partial charge in [0.05, 0.1) is 10.9 Å². The molecule has 1 atom stereocenters. The van der Waals surface area contributed by atoms with Gasteiger partial charge in [-0.3, -0.25) is 4.79 Å². The van der Waals surface area contributed by atoms with Crippen molar-refractivity contribution >= 4 is 23.6 Å². The van der Waals surface area contributed by atoms with E-state index in [1.807, 2.05) is 13.8 Å². The van der Waals surface area contributed by atoms with Crippen LogP contribution in [0.4, 0.5) is 9.18 Å². The lowest BCUT2D eigenvalue weighted by Crippen LogP contribution is -2.49. The van der Waals surface area contributed by atoms with Crippen LogP contribution < -0.4 is 5.32 Å². The van der Waals surface area contributed by atoms with Crippen LogP contribution in [0.1, 0.15) is 32.3 Å². The van der Waals surface area contributed by atoms with Crippen LogP contribution in [0.5, 0.6) is 0 Å². The van der Waals surface area contributed by atoms with Crippen molar-refractivity contribution in [3.63, 3.8) is 0 Å². The van der Waals surface area contributed by atoms with Crippen molar-refractivity contribution in [1.29, 1.82) is 0 Å². The van der Waals surface area contributed by atoms with Gasteiger partial charge in [-0.25, -0.2) is 9.18 Å². The van der Waals surface area contributed by atoms with Gasteiger partial charge in [0.1, 0.15) is 5.82 Å². The number of halogens is 2. The number of rotatable bonds is 4. The summed E-state index contributed by atoms with van der Waals surface area (Å²) in [6.07, 6.45) is 1.25. The summed E-state index contributed by atoms with van der Waals surface area (Å²) in [4.78, 5) is 24.9. The number of carbonyl (C=O) groups excluding carboxylic acids is 1. The summed E-state index contributed by atoms with van der Waals surface area (Å²) in [6.45, 7) is 4.59. The molecule has 24 heavy (non-hydrogen) atoms. The number of nitrogens with zero attached hydrogens (tertiary/aromatic N) is 1. The van der Waals surface area contributed by atoms with Crippen molar-refractivity contribution in [2.75, 3.05) is 19.6 Å². The first-order valence-corrected chi connectivity index (χ1v) is 8.30. The van der Waals surface area contributed by atoms with Gasteiger partial charge in [-0.15, -0.1) is 0 Å². The average molecular weight is 357 g/mol. The number of nitrogens with one attached hydrogen (secondary N) is 1. The summed E-state index contributed by atoms with van der Waals surface area (Å²) >= 11 is 5.82. The molecule has 2 rings (SSSR count). The van der Waals surface area contributed by atoms with E-state index in [4.69, 9.17) is 16.7 Å². The third kappa shape index (κ3) is 4.17. The van der Waals surface area contributed by atoms with Crippen molar-refractivity contribution in [3.8, 4) is 0 Å². The second-order valence-electron chi connectivity index (χ2n) is 6.77. The Bertz CT molecular complexity index is 636. The summed E-state index contributed by atoms with van der Waals surface area (Å²) in [5, 5.41) is 11.9. The van der Waals surface area contributed by atoms with Gasteiger partial charge in [-0.2, -0.15) is 0 Å². The van der Waals surface area contributed by atoms with E-state index in [9.17, 15) is 14.0 Å². The Kier molecular flexibility index (Phi) is 5.70. The van der Waals surface area contributed by atoms with Gasteiger partial charge in [0.2, 0.25) is 0 Å². The molecule has 2 N–H and O–H groups in total. The Balaban J connectivity index is 2.00. The number of benzene rings is 1. The molecule has 2 amide bonds. The van der Waals surface area contributed by atoms with E-state index in [1.54, 1.807) is 12.1 Å². The molecule has 0 aliphatic carbocycles. The number of amides is 2. The minimum atomic E-state index is -0.881. The summed E-state index contributed by atoms with van der Waals surface area (Å²) in [7, 11) is 0. The number of likely N-dealkylation sites (tertiary alicyclic amines) is 1. The predicted octanol–water partition coefficient (Wildman–Crippen LogP) is 3.26. The molecular weight excluding hydrogens is 335 g/mol. The van der Waals surface area contributed by atoms with Crippen LogP contribution in [-0.4, -0.2) is 41.6 Å². The molecule has 1 aliphatic rings. The quantitative estimate of drug-likeness (QED) is 0.870. The zero-order valence-electron chi connectivity index (χ0n) is 13.8. The molecule has 0 spiro atoms. The largest absolute Gasteiger partial charge is 0.481 e. The molecule has 1 unspecified atom stereocenters. The number of carboxylic acid groups (broad SMARTS) is 1. The predicted molar refractivity (Wildman–Crippen MR) is 89.8 cm³/mol.